The molecule has 0 aliphatic carbocycles. The molecule has 1 N–H and O–H groups in total. The molecule has 1 heterocycles. The van der Waals surface area contributed by atoms with Crippen molar-refractivity contribution in [2.24, 2.45) is 0 Å². The molecule has 0 saturated carbocycles. The lowest BCUT2D eigenvalue weighted by Gasteiger charge is -2.20. The van der Waals surface area contributed by atoms with E-state index >= 15 is 0 Å². The van der Waals surface area contributed by atoms with Crippen LogP contribution in [0, 0.1) is 0 Å². The van der Waals surface area contributed by atoms with Crippen molar-refractivity contribution in [2.75, 3.05) is 19.7 Å². The van der Waals surface area contributed by atoms with Crippen molar-refractivity contribution in [1.82, 2.24) is 14.5 Å². The van der Waals surface area contributed by atoms with Gasteiger partial charge in [0.2, 0.25) is 0 Å². The van der Waals surface area contributed by atoms with Crippen LogP contribution in [-0.2, 0) is 13.1 Å². The molecule has 4 nitrogen and oxygen atoms in total. The van der Waals surface area contributed by atoms with E-state index in [1.54, 1.807) is 0 Å². The Morgan fingerprint density at radius 3 is 2.71 bits per heavy atom. The van der Waals surface area contributed by atoms with Gasteiger partial charge in [-0.3, -0.25) is 4.90 Å². The van der Waals surface area contributed by atoms with Gasteiger partial charge in [-0.05, 0) is 38.1 Å². The van der Waals surface area contributed by atoms with Crippen molar-refractivity contribution in [2.45, 2.75) is 46.2 Å². The van der Waals surface area contributed by atoms with Crippen LogP contribution in [0.5, 0.6) is 0 Å². The monoisotopic (exact) mass is 289 g/mol. The van der Waals surface area contributed by atoms with E-state index in [2.05, 4.69) is 41.5 Å². The number of fused-ring (bicyclic) bond motifs is 1. The van der Waals surface area contributed by atoms with Gasteiger partial charge in [0.05, 0.1) is 17.6 Å². The predicted molar refractivity (Wildman–Crippen MR) is 87.3 cm³/mol. The molecule has 2 aromatic rings. The molecule has 1 aromatic carbocycles. The zero-order valence-electron chi connectivity index (χ0n) is 13.3. The summed E-state index contributed by atoms with van der Waals surface area (Å²) in [5, 5.41) is 9.13. The molecular weight excluding hydrogens is 262 g/mol. The summed E-state index contributed by atoms with van der Waals surface area (Å²) in [7, 11) is 0. The highest BCUT2D eigenvalue weighted by molar-refractivity contribution is 5.75. The van der Waals surface area contributed by atoms with Gasteiger partial charge in [-0.1, -0.05) is 32.4 Å². The fourth-order valence-corrected chi connectivity index (χ4v) is 2.66. The third-order valence-electron chi connectivity index (χ3n) is 3.91. The molecule has 0 saturated heterocycles. The van der Waals surface area contributed by atoms with E-state index in [9.17, 15) is 0 Å². The molecular formula is C17H27N3O. The van der Waals surface area contributed by atoms with Gasteiger partial charge < -0.3 is 9.67 Å². The third kappa shape index (κ3) is 4.05. The number of aryl methyl sites for hydroxylation is 1. The van der Waals surface area contributed by atoms with Crippen molar-refractivity contribution < 1.29 is 5.11 Å². The second-order valence-corrected chi connectivity index (χ2v) is 5.47. The number of para-hydroxylation sites is 2. The van der Waals surface area contributed by atoms with Gasteiger partial charge in [-0.2, -0.15) is 0 Å². The number of benzene rings is 1. The number of nitrogens with zero attached hydrogens (tertiary/aromatic N) is 3. The van der Waals surface area contributed by atoms with Gasteiger partial charge in [0.1, 0.15) is 5.82 Å². The Hall–Kier alpha value is -1.39. The molecule has 4 heteroatoms. The van der Waals surface area contributed by atoms with Crippen LogP contribution >= 0.6 is 0 Å². The van der Waals surface area contributed by atoms with Gasteiger partial charge in [0.25, 0.3) is 0 Å². The van der Waals surface area contributed by atoms with E-state index in [1.807, 2.05) is 6.07 Å². The SMILES string of the molecule is CCCCN(CC)Cc1nc2ccccc2n1CCCO. The molecule has 0 radical (unpaired) electrons. The van der Waals surface area contributed by atoms with Crippen molar-refractivity contribution in [3.05, 3.63) is 30.1 Å². The van der Waals surface area contributed by atoms with Crippen LogP contribution in [0.3, 0.4) is 0 Å². The van der Waals surface area contributed by atoms with Crippen LogP contribution in [-0.4, -0.2) is 39.3 Å². The summed E-state index contributed by atoms with van der Waals surface area (Å²) in [6.45, 7) is 8.54. The van der Waals surface area contributed by atoms with Gasteiger partial charge in [0, 0.05) is 13.2 Å². The quantitative estimate of drug-likeness (QED) is 0.771. The number of hydrogen-bond donors (Lipinski definition) is 1. The van der Waals surface area contributed by atoms with Crippen LogP contribution in [0.25, 0.3) is 11.0 Å². The molecule has 0 spiro atoms. The Morgan fingerprint density at radius 2 is 2.00 bits per heavy atom. The summed E-state index contributed by atoms with van der Waals surface area (Å²) in [6.07, 6.45) is 3.22. The minimum absolute atomic E-state index is 0.222. The zero-order chi connectivity index (χ0) is 15.1. The van der Waals surface area contributed by atoms with Crippen molar-refractivity contribution >= 4 is 11.0 Å². The first-order valence-corrected chi connectivity index (χ1v) is 8.07. The van der Waals surface area contributed by atoms with E-state index in [0.29, 0.717) is 0 Å². The number of unbranched alkanes of at least 4 members (excludes halogenated alkanes) is 1. The Morgan fingerprint density at radius 1 is 1.19 bits per heavy atom. The summed E-state index contributed by atoms with van der Waals surface area (Å²) >= 11 is 0. The number of aliphatic hydroxyl groups is 1. The second-order valence-electron chi connectivity index (χ2n) is 5.47. The topological polar surface area (TPSA) is 41.3 Å². The molecule has 2 rings (SSSR count). The van der Waals surface area contributed by atoms with Crippen molar-refractivity contribution in [1.29, 1.82) is 0 Å². The molecule has 0 unspecified atom stereocenters. The lowest BCUT2D eigenvalue weighted by molar-refractivity contribution is 0.258. The predicted octanol–water partition coefficient (Wildman–Crippen LogP) is 3.04. The number of aliphatic hydroxyl groups excluding tert-OH is 1. The molecule has 0 atom stereocenters. The molecule has 0 amide bonds. The lowest BCUT2D eigenvalue weighted by Crippen LogP contribution is -2.26. The molecule has 1 aromatic heterocycles. The molecule has 21 heavy (non-hydrogen) atoms. The fraction of sp³-hybridized carbons (Fsp3) is 0.588. The largest absolute Gasteiger partial charge is 0.396 e. The van der Waals surface area contributed by atoms with E-state index in [-0.39, 0.29) is 6.61 Å². The minimum atomic E-state index is 0.222. The van der Waals surface area contributed by atoms with Crippen LogP contribution in [0.15, 0.2) is 24.3 Å². The highest BCUT2D eigenvalue weighted by Crippen LogP contribution is 2.18. The first kappa shape index (κ1) is 16.0. The van der Waals surface area contributed by atoms with E-state index in [4.69, 9.17) is 10.1 Å². The summed E-state index contributed by atoms with van der Waals surface area (Å²) in [6, 6.07) is 8.27. The van der Waals surface area contributed by atoms with Gasteiger partial charge in [0.15, 0.2) is 0 Å². The lowest BCUT2D eigenvalue weighted by atomic mass is 10.3. The first-order valence-electron chi connectivity index (χ1n) is 8.07. The van der Waals surface area contributed by atoms with Crippen LogP contribution in [0.2, 0.25) is 0 Å². The Balaban J connectivity index is 2.23. The van der Waals surface area contributed by atoms with Gasteiger partial charge >= 0.3 is 0 Å². The van der Waals surface area contributed by atoms with E-state index < -0.39 is 0 Å². The van der Waals surface area contributed by atoms with Gasteiger partial charge in [-0.15, -0.1) is 0 Å². The molecule has 0 fully saturated rings. The fourth-order valence-electron chi connectivity index (χ4n) is 2.66. The average Bonchev–Trinajstić information content (AvgIpc) is 2.86. The molecule has 116 valence electrons. The summed E-state index contributed by atoms with van der Waals surface area (Å²) in [4.78, 5) is 7.25. The van der Waals surface area contributed by atoms with Crippen LogP contribution < -0.4 is 0 Å². The average molecular weight is 289 g/mol. The van der Waals surface area contributed by atoms with Crippen LogP contribution in [0.1, 0.15) is 38.9 Å². The van der Waals surface area contributed by atoms with E-state index in [1.165, 1.54) is 18.4 Å². The summed E-state index contributed by atoms with van der Waals surface area (Å²) in [5.41, 5.74) is 2.23. The highest BCUT2D eigenvalue weighted by atomic mass is 16.3. The standard InChI is InChI=1S/C17H27N3O/c1-3-5-11-19(4-2)14-17-18-15-9-6-7-10-16(15)20(17)12-8-13-21/h6-7,9-10,21H,3-5,8,11-14H2,1-2H3. The van der Waals surface area contributed by atoms with Crippen LogP contribution in [0.4, 0.5) is 0 Å². The third-order valence-corrected chi connectivity index (χ3v) is 3.91. The van der Waals surface area contributed by atoms with Gasteiger partial charge in [-0.25, -0.2) is 4.98 Å². The number of rotatable bonds is 9. The normalized spacial score (nSPS) is 11.6. The number of hydrogen-bond acceptors (Lipinski definition) is 3. The highest BCUT2D eigenvalue weighted by Gasteiger charge is 2.13. The maximum atomic E-state index is 9.13. The Kier molecular flexibility index (Phi) is 6.21. The maximum absolute atomic E-state index is 9.13. The smallest absolute Gasteiger partial charge is 0.124 e. The van der Waals surface area contributed by atoms with Crippen molar-refractivity contribution in [3.63, 3.8) is 0 Å². The first-order chi connectivity index (χ1) is 10.3. The summed E-state index contributed by atoms with van der Waals surface area (Å²) < 4.78 is 2.26. The number of imidazole rings is 1. The Bertz CT molecular complexity index is 550. The molecule has 0 aliphatic rings. The summed E-state index contributed by atoms with van der Waals surface area (Å²) in [5.74, 6) is 1.11. The zero-order valence-corrected chi connectivity index (χ0v) is 13.3. The number of aromatic nitrogens is 2. The maximum Gasteiger partial charge on any atom is 0.124 e. The molecule has 0 aliphatic heterocycles. The Labute approximate surface area is 127 Å². The van der Waals surface area contributed by atoms with E-state index in [0.717, 1.165) is 43.9 Å². The minimum Gasteiger partial charge on any atom is -0.396 e. The van der Waals surface area contributed by atoms with Crippen molar-refractivity contribution in [3.8, 4) is 0 Å². The second kappa shape index (κ2) is 8.15. The molecule has 0 bridgehead atoms.